The minimum Gasteiger partial charge on any atom is -0.384 e. The van der Waals surface area contributed by atoms with Gasteiger partial charge in [-0.2, -0.15) is 0 Å². The van der Waals surface area contributed by atoms with E-state index in [1.165, 1.54) is 25.7 Å². The summed E-state index contributed by atoms with van der Waals surface area (Å²) in [4.78, 5) is 0. The standard InChI is InChI=1S/C13H22O2/c1-3-4-9-15-11-13-7-5-12(6-8-13)10-14-2/h1,12-13H,4-11H2,2H3. The molecule has 0 aromatic carbocycles. The first-order valence-electron chi connectivity index (χ1n) is 5.87. The second-order valence-electron chi connectivity index (χ2n) is 4.37. The molecule has 1 saturated carbocycles. The van der Waals surface area contributed by atoms with Crippen LogP contribution in [0.15, 0.2) is 0 Å². The molecule has 0 saturated heterocycles. The zero-order valence-corrected chi connectivity index (χ0v) is 9.71. The van der Waals surface area contributed by atoms with Crippen molar-refractivity contribution < 1.29 is 9.47 Å². The van der Waals surface area contributed by atoms with Crippen molar-refractivity contribution in [1.29, 1.82) is 0 Å². The van der Waals surface area contributed by atoms with Gasteiger partial charge in [0.1, 0.15) is 0 Å². The predicted octanol–water partition coefficient (Wildman–Crippen LogP) is 2.48. The highest BCUT2D eigenvalue weighted by molar-refractivity contribution is 4.82. The largest absolute Gasteiger partial charge is 0.384 e. The molecular formula is C13H22O2. The average Bonchev–Trinajstić information content (AvgIpc) is 2.27. The van der Waals surface area contributed by atoms with E-state index in [-0.39, 0.29) is 0 Å². The third-order valence-corrected chi connectivity index (χ3v) is 3.11. The van der Waals surface area contributed by atoms with Gasteiger partial charge in [0.25, 0.3) is 0 Å². The molecule has 0 radical (unpaired) electrons. The van der Waals surface area contributed by atoms with E-state index >= 15 is 0 Å². The van der Waals surface area contributed by atoms with E-state index in [1.54, 1.807) is 7.11 Å². The second kappa shape index (κ2) is 7.73. The molecule has 0 amide bonds. The van der Waals surface area contributed by atoms with E-state index < -0.39 is 0 Å². The molecule has 1 aliphatic carbocycles. The lowest BCUT2D eigenvalue weighted by Gasteiger charge is -2.27. The summed E-state index contributed by atoms with van der Waals surface area (Å²) in [7, 11) is 1.79. The first kappa shape index (κ1) is 12.5. The smallest absolute Gasteiger partial charge is 0.0575 e. The van der Waals surface area contributed by atoms with Gasteiger partial charge in [-0.15, -0.1) is 12.3 Å². The molecule has 0 heterocycles. The number of hydrogen-bond donors (Lipinski definition) is 0. The molecule has 2 nitrogen and oxygen atoms in total. The van der Waals surface area contributed by atoms with Crippen LogP contribution in [0.1, 0.15) is 32.1 Å². The van der Waals surface area contributed by atoms with E-state index in [0.717, 1.165) is 31.5 Å². The molecule has 0 unspecified atom stereocenters. The zero-order valence-electron chi connectivity index (χ0n) is 9.71. The van der Waals surface area contributed by atoms with Crippen molar-refractivity contribution in [1.82, 2.24) is 0 Å². The first-order chi connectivity index (χ1) is 7.36. The molecule has 1 fully saturated rings. The Morgan fingerprint density at radius 2 is 1.73 bits per heavy atom. The Hall–Kier alpha value is -0.520. The lowest BCUT2D eigenvalue weighted by molar-refractivity contribution is 0.0651. The number of ether oxygens (including phenoxy) is 2. The minimum atomic E-state index is 0.717. The summed E-state index contributed by atoms with van der Waals surface area (Å²) in [6.07, 6.45) is 11.0. The fraction of sp³-hybridized carbons (Fsp3) is 0.846. The molecule has 0 aromatic rings. The fourth-order valence-electron chi connectivity index (χ4n) is 2.18. The molecule has 15 heavy (non-hydrogen) atoms. The summed E-state index contributed by atoms with van der Waals surface area (Å²) in [5.41, 5.74) is 0. The topological polar surface area (TPSA) is 18.5 Å². The lowest BCUT2D eigenvalue weighted by Crippen LogP contribution is -2.21. The van der Waals surface area contributed by atoms with Crippen LogP contribution in [-0.2, 0) is 9.47 Å². The third kappa shape index (κ3) is 5.20. The van der Waals surface area contributed by atoms with Gasteiger partial charge in [-0.05, 0) is 37.5 Å². The maximum Gasteiger partial charge on any atom is 0.0575 e. The number of methoxy groups -OCH3 is 1. The van der Waals surface area contributed by atoms with Crippen LogP contribution in [0.2, 0.25) is 0 Å². The van der Waals surface area contributed by atoms with Crippen molar-refractivity contribution >= 4 is 0 Å². The van der Waals surface area contributed by atoms with Crippen LogP contribution >= 0.6 is 0 Å². The summed E-state index contributed by atoms with van der Waals surface area (Å²) in [6.45, 7) is 2.53. The van der Waals surface area contributed by atoms with Gasteiger partial charge < -0.3 is 9.47 Å². The van der Waals surface area contributed by atoms with Gasteiger partial charge in [-0.3, -0.25) is 0 Å². The van der Waals surface area contributed by atoms with E-state index in [0.29, 0.717) is 6.61 Å². The maximum atomic E-state index is 5.53. The Labute approximate surface area is 93.3 Å². The Morgan fingerprint density at radius 1 is 1.13 bits per heavy atom. The molecule has 1 rings (SSSR count). The van der Waals surface area contributed by atoms with Gasteiger partial charge in [0, 0.05) is 26.7 Å². The molecule has 86 valence electrons. The molecule has 2 heteroatoms. The quantitative estimate of drug-likeness (QED) is 0.495. The summed E-state index contributed by atoms with van der Waals surface area (Å²) < 4.78 is 10.7. The third-order valence-electron chi connectivity index (χ3n) is 3.11. The monoisotopic (exact) mass is 210 g/mol. The van der Waals surface area contributed by atoms with Crippen LogP contribution in [0, 0.1) is 24.2 Å². The molecular weight excluding hydrogens is 188 g/mol. The molecule has 0 atom stereocenters. The van der Waals surface area contributed by atoms with E-state index in [4.69, 9.17) is 15.9 Å². The Morgan fingerprint density at radius 3 is 2.27 bits per heavy atom. The zero-order chi connectivity index (χ0) is 10.9. The number of rotatable bonds is 6. The van der Waals surface area contributed by atoms with Crippen LogP contribution in [0.5, 0.6) is 0 Å². The highest BCUT2D eigenvalue weighted by Gasteiger charge is 2.20. The van der Waals surface area contributed by atoms with Crippen LogP contribution in [0.4, 0.5) is 0 Å². The van der Waals surface area contributed by atoms with E-state index in [1.807, 2.05) is 0 Å². The van der Waals surface area contributed by atoms with Crippen molar-refractivity contribution in [3.63, 3.8) is 0 Å². The fourth-order valence-corrected chi connectivity index (χ4v) is 2.18. The van der Waals surface area contributed by atoms with Gasteiger partial charge in [0.05, 0.1) is 6.61 Å². The summed E-state index contributed by atoms with van der Waals surface area (Å²) in [5.74, 6) is 4.11. The Kier molecular flexibility index (Phi) is 6.47. The minimum absolute atomic E-state index is 0.717. The van der Waals surface area contributed by atoms with Crippen LogP contribution < -0.4 is 0 Å². The van der Waals surface area contributed by atoms with E-state index in [9.17, 15) is 0 Å². The van der Waals surface area contributed by atoms with E-state index in [2.05, 4.69) is 5.92 Å². The van der Waals surface area contributed by atoms with Crippen LogP contribution in [0.3, 0.4) is 0 Å². The molecule has 0 spiro atoms. The molecule has 0 aromatic heterocycles. The van der Waals surface area contributed by atoms with Crippen molar-refractivity contribution in [3.05, 3.63) is 0 Å². The van der Waals surface area contributed by atoms with Gasteiger partial charge in [0.2, 0.25) is 0 Å². The maximum absolute atomic E-state index is 5.53. The predicted molar refractivity (Wildman–Crippen MR) is 61.6 cm³/mol. The Bertz CT molecular complexity index is 187. The normalized spacial score (nSPS) is 26.1. The van der Waals surface area contributed by atoms with Crippen LogP contribution in [-0.4, -0.2) is 26.9 Å². The van der Waals surface area contributed by atoms with Gasteiger partial charge >= 0.3 is 0 Å². The van der Waals surface area contributed by atoms with Crippen molar-refractivity contribution in [2.75, 3.05) is 26.9 Å². The van der Waals surface area contributed by atoms with Crippen molar-refractivity contribution in [2.45, 2.75) is 32.1 Å². The van der Waals surface area contributed by atoms with Crippen molar-refractivity contribution in [3.8, 4) is 12.3 Å². The van der Waals surface area contributed by atoms with Crippen molar-refractivity contribution in [2.24, 2.45) is 11.8 Å². The highest BCUT2D eigenvalue weighted by atomic mass is 16.5. The Balaban J connectivity index is 2.02. The second-order valence-corrected chi connectivity index (χ2v) is 4.37. The SMILES string of the molecule is C#CCCOCC1CCC(COC)CC1. The molecule has 0 aliphatic heterocycles. The number of hydrogen-bond acceptors (Lipinski definition) is 2. The highest BCUT2D eigenvalue weighted by Crippen LogP contribution is 2.28. The van der Waals surface area contributed by atoms with Gasteiger partial charge in [0.15, 0.2) is 0 Å². The van der Waals surface area contributed by atoms with Gasteiger partial charge in [-0.1, -0.05) is 0 Å². The summed E-state index contributed by atoms with van der Waals surface area (Å²) >= 11 is 0. The average molecular weight is 210 g/mol. The summed E-state index contributed by atoms with van der Waals surface area (Å²) in [6, 6.07) is 0. The van der Waals surface area contributed by atoms with Gasteiger partial charge in [-0.25, -0.2) is 0 Å². The first-order valence-corrected chi connectivity index (χ1v) is 5.87. The molecule has 0 bridgehead atoms. The summed E-state index contributed by atoms with van der Waals surface area (Å²) in [5, 5.41) is 0. The lowest BCUT2D eigenvalue weighted by atomic mass is 9.83. The number of terminal acetylenes is 1. The van der Waals surface area contributed by atoms with Crippen LogP contribution in [0.25, 0.3) is 0 Å². The molecule has 0 N–H and O–H groups in total. The molecule has 1 aliphatic rings.